The van der Waals surface area contributed by atoms with Gasteiger partial charge in [0.15, 0.2) is 0 Å². The summed E-state index contributed by atoms with van der Waals surface area (Å²) in [5.41, 5.74) is 0.834. The maximum Gasteiger partial charge on any atom is 0.234 e. The maximum atomic E-state index is 11.8. The van der Waals surface area contributed by atoms with Crippen molar-refractivity contribution in [1.29, 1.82) is 0 Å². The molecular formula is C12H15ClN2O2. The quantitative estimate of drug-likeness (QED) is 0.808. The molecular weight excluding hydrogens is 240 g/mol. The van der Waals surface area contributed by atoms with Crippen LogP contribution in [0.15, 0.2) is 30.3 Å². The van der Waals surface area contributed by atoms with Gasteiger partial charge in [-0.25, -0.2) is 0 Å². The number of hydrogen-bond donors (Lipinski definition) is 1. The Kier molecular flexibility index (Phi) is 5.49. The van der Waals surface area contributed by atoms with Gasteiger partial charge < -0.3 is 10.2 Å². The zero-order valence-electron chi connectivity index (χ0n) is 9.65. The number of anilines is 1. The van der Waals surface area contributed by atoms with E-state index in [1.165, 1.54) is 0 Å². The average molecular weight is 255 g/mol. The molecule has 1 rings (SSSR count). The van der Waals surface area contributed by atoms with Crippen molar-refractivity contribution in [3.8, 4) is 0 Å². The lowest BCUT2D eigenvalue weighted by Gasteiger charge is -2.17. The summed E-state index contributed by atoms with van der Waals surface area (Å²) in [6.45, 7) is 0.307. The number of nitrogens with one attached hydrogen (secondary N) is 1. The summed E-state index contributed by atoms with van der Waals surface area (Å²) in [6.07, 6.45) is 0.258. The fraction of sp³-hybridized carbons (Fsp3) is 0.333. The molecule has 0 atom stereocenters. The Labute approximate surface area is 106 Å². The molecule has 0 spiro atoms. The van der Waals surface area contributed by atoms with E-state index in [-0.39, 0.29) is 24.1 Å². The highest BCUT2D eigenvalue weighted by atomic mass is 35.5. The van der Waals surface area contributed by atoms with E-state index >= 15 is 0 Å². The Bertz CT molecular complexity index is 381. The van der Waals surface area contributed by atoms with E-state index in [1.54, 1.807) is 11.9 Å². The van der Waals surface area contributed by atoms with Crippen molar-refractivity contribution in [3.63, 3.8) is 0 Å². The number of benzene rings is 1. The van der Waals surface area contributed by atoms with Gasteiger partial charge in [0.05, 0.1) is 0 Å². The fourth-order valence-electron chi connectivity index (χ4n) is 1.32. The Balaban J connectivity index is 2.40. The summed E-state index contributed by atoms with van der Waals surface area (Å²) >= 11 is 5.32. The predicted octanol–water partition coefficient (Wildman–Crippen LogP) is 1.39. The number of amides is 2. The minimum atomic E-state index is -0.262. The van der Waals surface area contributed by atoms with Gasteiger partial charge in [-0.2, -0.15) is 0 Å². The van der Waals surface area contributed by atoms with Gasteiger partial charge >= 0.3 is 0 Å². The number of para-hydroxylation sites is 1. The second-order valence-corrected chi connectivity index (χ2v) is 3.79. The standard InChI is InChI=1S/C12H15ClN2O2/c1-15(10-5-3-2-4-6-10)12(17)7-8-14-11(16)9-13/h2-6H,7-9H2,1H3,(H,14,16). The Morgan fingerprint density at radius 3 is 2.53 bits per heavy atom. The smallest absolute Gasteiger partial charge is 0.234 e. The van der Waals surface area contributed by atoms with Gasteiger partial charge in [0, 0.05) is 25.7 Å². The number of rotatable bonds is 5. The van der Waals surface area contributed by atoms with Crippen molar-refractivity contribution in [2.75, 3.05) is 24.4 Å². The molecule has 4 nitrogen and oxygen atoms in total. The molecule has 0 bridgehead atoms. The molecule has 0 aliphatic heterocycles. The van der Waals surface area contributed by atoms with Gasteiger partial charge in [0.25, 0.3) is 0 Å². The van der Waals surface area contributed by atoms with Crippen LogP contribution in [0.4, 0.5) is 5.69 Å². The number of alkyl halides is 1. The molecule has 0 aromatic heterocycles. The molecule has 2 amide bonds. The molecule has 1 aromatic carbocycles. The molecule has 1 aromatic rings. The first-order chi connectivity index (χ1) is 8.15. The largest absolute Gasteiger partial charge is 0.355 e. The van der Waals surface area contributed by atoms with Crippen LogP contribution in [0, 0.1) is 0 Å². The number of carbonyl (C=O) groups excluding carboxylic acids is 2. The van der Waals surface area contributed by atoms with E-state index in [1.807, 2.05) is 30.3 Å². The van der Waals surface area contributed by atoms with Crippen LogP contribution >= 0.6 is 11.6 Å². The third kappa shape index (κ3) is 4.44. The summed E-state index contributed by atoms with van der Waals surface area (Å²) in [5.74, 6) is -0.393. The lowest BCUT2D eigenvalue weighted by atomic mass is 10.2. The molecule has 92 valence electrons. The van der Waals surface area contributed by atoms with Gasteiger partial charge in [0.1, 0.15) is 5.88 Å². The van der Waals surface area contributed by atoms with Crippen molar-refractivity contribution < 1.29 is 9.59 Å². The highest BCUT2D eigenvalue weighted by molar-refractivity contribution is 6.27. The second kappa shape index (κ2) is 6.91. The monoisotopic (exact) mass is 254 g/mol. The molecule has 0 unspecified atom stereocenters. The van der Waals surface area contributed by atoms with E-state index in [0.717, 1.165) is 5.69 Å². The normalized spacial score (nSPS) is 9.76. The van der Waals surface area contributed by atoms with E-state index in [0.29, 0.717) is 6.54 Å². The van der Waals surface area contributed by atoms with Crippen molar-refractivity contribution in [3.05, 3.63) is 30.3 Å². The summed E-state index contributed by atoms with van der Waals surface area (Å²) < 4.78 is 0. The van der Waals surface area contributed by atoms with Crippen LogP contribution in [-0.4, -0.2) is 31.3 Å². The zero-order valence-corrected chi connectivity index (χ0v) is 10.4. The molecule has 0 aliphatic rings. The zero-order chi connectivity index (χ0) is 12.7. The first kappa shape index (κ1) is 13.5. The summed E-state index contributed by atoms with van der Waals surface area (Å²) in [4.78, 5) is 24.2. The third-order valence-corrected chi connectivity index (χ3v) is 2.54. The topological polar surface area (TPSA) is 49.4 Å². The Hall–Kier alpha value is -1.55. The van der Waals surface area contributed by atoms with Crippen molar-refractivity contribution >= 4 is 29.1 Å². The highest BCUT2D eigenvalue weighted by Gasteiger charge is 2.10. The Morgan fingerprint density at radius 2 is 1.94 bits per heavy atom. The molecule has 17 heavy (non-hydrogen) atoms. The molecule has 0 saturated heterocycles. The minimum absolute atomic E-state index is 0.0499. The molecule has 0 saturated carbocycles. The van der Waals surface area contributed by atoms with Crippen molar-refractivity contribution in [2.45, 2.75) is 6.42 Å². The molecule has 0 fully saturated rings. The van der Waals surface area contributed by atoms with Crippen LogP contribution in [-0.2, 0) is 9.59 Å². The maximum absolute atomic E-state index is 11.8. The fourth-order valence-corrected chi connectivity index (χ4v) is 1.41. The number of nitrogens with zero attached hydrogens (tertiary/aromatic N) is 1. The van der Waals surface area contributed by atoms with Crippen LogP contribution in [0.3, 0.4) is 0 Å². The first-order valence-corrected chi connectivity index (χ1v) is 5.83. The third-order valence-electron chi connectivity index (χ3n) is 2.30. The van der Waals surface area contributed by atoms with Crippen molar-refractivity contribution in [2.24, 2.45) is 0 Å². The second-order valence-electron chi connectivity index (χ2n) is 3.52. The van der Waals surface area contributed by atoms with Gasteiger partial charge in [-0.1, -0.05) is 18.2 Å². The number of hydrogen-bond acceptors (Lipinski definition) is 2. The highest BCUT2D eigenvalue weighted by Crippen LogP contribution is 2.11. The molecule has 1 N–H and O–H groups in total. The van der Waals surface area contributed by atoms with Gasteiger partial charge in [-0.3, -0.25) is 9.59 Å². The van der Waals surface area contributed by atoms with Crippen molar-refractivity contribution in [1.82, 2.24) is 5.32 Å². The predicted molar refractivity (Wildman–Crippen MR) is 68.2 cm³/mol. The van der Waals surface area contributed by atoms with Crippen LogP contribution in [0.25, 0.3) is 0 Å². The van der Waals surface area contributed by atoms with E-state index in [2.05, 4.69) is 5.32 Å². The lowest BCUT2D eigenvalue weighted by molar-refractivity contribution is -0.119. The summed E-state index contributed by atoms with van der Waals surface area (Å²) in [7, 11) is 1.71. The van der Waals surface area contributed by atoms with Crippen LogP contribution in [0.2, 0.25) is 0 Å². The summed E-state index contributed by atoms with van der Waals surface area (Å²) in [5, 5.41) is 2.55. The van der Waals surface area contributed by atoms with E-state index < -0.39 is 0 Å². The molecule has 0 radical (unpaired) electrons. The van der Waals surface area contributed by atoms with Gasteiger partial charge in [-0.05, 0) is 12.1 Å². The van der Waals surface area contributed by atoms with E-state index in [9.17, 15) is 9.59 Å². The SMILES string of the molecule is CN(C(=O)CCNC(=O)CCl)c1ccccc1. The lowest BCUT2D eigenvalue weighted by Crippen LogP contribution is -2.32. The Morgan fingerprint density at radius 1 is 1.29 bits per heavy atom. The molecule has 0 aliphatic carbocycles. The minimum Gasteiger partial charge on any atom is -0.355 e. The molecule has 5 heteroatoms. The number of halogens is 1. The average Bonchev–Trinajstić information content (AvgIpc) is 2.38. The molecule has 0 heterocycles. The number of carbonyl (C=O) groups is 2. The van der Waals surface area contributed by atoms with Gasteiger partial charge in [-0.15, -0.1) is 11.6 Å². The van der Waals surface area contributed by atoms with Crippen LogP contribution in [0.1, 0.15) is 6.42 Å². The van der Waals surface area contributed by atoms with E-state index in [4.69, 9.17) is 11.6 Å². The van der Waals surface area contributed by atoms with Crippen LogP contribution < -0.4 is 10.2 Å². The summed E-state index contributed by atoms with van der Waals surface area (Å²) in [6, 6.07) is 9.34. The van der Waals surface area contributed by atoms with Crippen LogP contribution in [0.5, 0.6) is 0 Å². The van der Waals surface area contributed by atoms with Gasteiger partial charge in [0.2, 0.25) is 11.8 Å². The first-order valence-electron chi connectivity index (χ1n) is 5.29.